The van der Waals surface area contributed by atoms with Crippen molar-refractivity contribution in [3.63, 3.8) is 0 Å². The monoisotopic (exact) mass is 523 g/mol. The molecule has 0 spiro atoms. The van der Waals surface area contributed by atoms with Gasteiger partial charge in [-0.05, 0) is 66.7 Å². The molecule has 1 atom stereocenters. The predicted molar refractivity (Wildman–Crippen MR) is 147 cm³/mol. The number of halogens is 1. The standard InChI is InChI=1S/C29H26FN7O2/c30-25-17-21(37-28-26(34-35-37)6-2-13-32-28)9-10-23(25)29(39)36(22-5-1-12-31-18-22)27-24-16-19(4-3-15-38)7-8-20(24)11-14-33-27/h2-4,6-11,13-14,16-17,22,31,38H,1,5,12,15,18H2/b4-3-/t22-/m1/s1. The number of anilines is 1. The van der Waals surface area contributed by atoms with E-state index in [1.807, 2.05) is 30.3 Å². The van der Waals surface area contributed by atoms with Crippen LogP contribution in [0.25, 0.3) is 33.7 Å². The molecule has 1 saturated heterocycles. The lowest BCUT2D eigenvalue weighted by molar-refractivity contribution is 0.0968. The third-order valence-electron chi connectivity index (χ3n) is 6.90. The summed E-state index contributed by atoms with van der Waals surface area (Å²) in [5.41, 5.74) is 2.31. The molecule has 1 amide bonds. The van der Waals surface area contributed by atoms with Crippen molar-refractivity contribution in [3.05, 3.63) is 90.0 Å². The maximum atomic E-state index is 15.7. The first-order valence-electron chi connectivity index (χ1n) is 12.8. The van der Waals surface area contributed by atoms with Crippen LogP contribution in [0, 0.1) is 5.82 Å². The number of hydrogen-bond donors (Lipinski definition) is 2. The van der Waals surface area contributed by atoms with Gasteiger partial charge in [0.25, 0.3) is 5.91 Å². The smallest absolute Gasteiger partial charge is 0.262 e. The molecule has 9 nitrogen and oxygen atoms in total. The van der Waals surface area contributed by atoms with E-state index >= 15 is 4.39 Å². The summed E-state index contributed by atoms with van der Waals surface area (Å²) in [7, 11) is 0. The first kappa shape index (κ1) is 24.8. The van der Waals surface area contributed by atoms with Gasteiger partial charge in [0, 0.05) is 30.4 Å². The van der Waals surface area contributed by atoms with Crippen LogP contribution in [0.2, 0.25) is 0 Å². The number of rotatable bonds is 6. The molecule has 2 aromatic carbocycles. The van der Waals surface area contributed by atoms with Crippen LogP contribution < -0.4 is 10.2 Å². The zero-order chi connectivity index (χ0) is 26.8. The first-order chi connectivity index (χ1) is 19.1. The van der Waals surface area contributed by atoms with Crippen molar-refractivity contribution in [1.29, 1.82) is 0 Å². The number of piperidine rings is 1. The number of benzene rings is 2. The molecule has 39 heavy (non-hydrogen) atoms. The fourth-order valence-electron chi connectivity index (χ4n) is 5.02. The molecule has 196 valence electrons. The number of nitrogens with zero attached hydrogens (tertiary/aromatic N) is 6. The van der Waals surface area contributed by atoms with E-state index in [1.165, 1.54) is 16.8 Å². The van der Waals surface area contributed by atoms with Crippen molar-refractivity contribution in [1.82, 2.24) is 30.3 Å². The van der Waals surface area contributed by atoms with Gasteiger partial charge in [0.15, 0.2) is 5.65 Å². The minimum absolute atomic E-state index is 0.0585. The van der Waals surface area contributed by atoms with Gasteiger partial charge < -0.3 is 10.4 Å². The van der Waals surface area contributed by atoms with Crippen molar-refractivity contribution in [2.75, 3.05) is 24.6 Å². The number of aromatic nitrogens is 5. The van der Waals surface area contributed by atoms with Gasteiger partial charge in [0.2, 0.25) is 0 Å². The maximum Gasteiger partial charge on any atom is 0.262 e. The molecule has 0 aliphatic carbocycles. The molecule has 3 aromatic heterocycles. The first-order valence-corrected chi connectivity index (χ1v) is 12.8. The zero-order valence-electron chi connectivity index (χ0n) is 21.0. The van der Waals surface area contributed by atoms with Crippen LogP contribution in [0.4, 0.5) is 10.2 Å². The predicted octanol–water partition coefficient (Wildman–Crippen LogP) is 3.91. The second kappa shape index (κ2) is 10.7. The minimum Gasteiger partial charge on any atom is -0.392 e. The van der Waals surface area contributed by atoms with E-state index in [-0.39, 0.29) is 18.2 Å². The van der Waals surface area contributed by atoms with Crippen molar-refractivity contribution < 1.29 is 14.3 Å². The highest BCUT2D eigenvalue weighted by Gasteiger charge is 2.31. The van der Waals surface area contributed by atoms with Crippen LogP contribution in [-0.4, -0.2) is 61.7 Å². The Morgan fingerprint density at radius 1 is 1.15 bits per heavy atom. The number of aliphatic hydroxyl groups is 1. The van der Waals surface area contributed by atoms with Gasteiger partial charge in [-0.3, -0.25) is 9.69 Å². The number of aliphatic hydroxyl groups excluding tert-OH is 1. The molecular weight excluding hydrogens is 497 g/mol. The number of carbonyl (C=O) groups is 1. The second-order valence-corrected chi connectivity index (χ2v) is 9.39. The summed E-state index contributed by atoms with van der Waals surface area (Å²) in [4.78, 5) is 24.6. The van der Waals surface area contributed by atoms with E-state index in [1.54, 1.807) is 41.6 Å². The number of fused-ring (bicyclic) bond motifs is 2. The minimum atomic E-state index is -0.669. The van der Waals surface area contributed by atoms with Gasteiger partial charge in [0.1, 0.15) is 17.2 Å². The molecule has 2 N–H and O–H groups in total. The third-order valence-corrected chi connectivity index (χ3v) is 6.90. The van der Waals surface area contributed by atoms with Crippen molar-refractivity contribution >= 4 is 39.7 Å². The van der Waals surface area contributed by atoms with Crippen LogP contribution in [0.15, 0.2) is 73.1 Å². The topological polar surface area (TPSA) is 109 Å². The fraction of sp³-hybridized carbons (Fsp3) is 0.207. The molecule has 5 aromatic rings. The molecule has 1 aliphatic rings. The van der Waals surface area contributed by atoms with Crippen LogP contribution in [0.3, 0.4) is 0 Å². The molecule has 0 bridgehead atoms. The van der Waals surface area contributed by atoms with Crippen LogP contribution in [-0.2, 0) is 0 Å². The Kier molecular flexibility index (Phi) is 6.78. The lowest BCUT2D eigenvalue weighted by Gasteiger charge is -2.34. The van der Waals surface area contributed by atoms with Gasteiger partial charge in [-0.2, -0.15) is 4.68 Å². The van der Waals surface area contributed by atoms with E-state index in [0.717, 1.165) is 35.7 Å². The Labute approximate surface area is 223 Å². The molecule has 0 radical (unpaired) electrons. The summed E-state index contributed by atoms with van der Waals surface area (Å²) in [5.74, 6) is -0.663. The summed E-state index contributed by atoms with van der Waals surface area (Å²) in [6.45, 7) is 1.36. The van der Waals surface area contributed by atoms with Crippen molar-refractivity contribution in [3.8, 4) is 5.69 Å². The van der Waals surface area contributed by atoms with E-state index in [0.29, 0.717) is 29.2 Å². The maximum absolute atomic E-state index is 15.7. The third kappa shape index (κ3) is 4.75. The van der Waals surface area contributed by atoms with Crippen LogP contribution in [0.5, 0.6) is 0 Å². The summed E-state index contributed by atoms with van der Waals surface area (Å²) < 4.78 is 17.1. The van der Waals surface area contributed by atoms with E-state index in [4.69, 9.17) is 0 Å². The largest absolute Gasteiger partial charge is 0.392 e. The molecule has 0 saturated carbocycles. The van der Waals surface area contributed by atoms with Crippen molar-refractivity contribution in [2.24, 2.45) is 0 Å². The van der Waals surface area contributed by atoms with Gasteiger partial charge in [-0.1, -0.05) is 29.5 Å². The molecular formula is C29H26FN7O2. The normalized spacial score (nSPS) is 15.8. The Morgan fingerprint density at radius 2 is 2.08 bits per heavy atom. The SMILES string of the molecule is O=C(c1ccc(-n2nnc3cccnc32)cc1F)N(c1nccc2ccc(/C=C\CO)cc12)[C@@H]1CCCNC1. The Hall–Kier alpha value is -4.54. The Bertz CT molecular complexity index is 1690. The summed E-state index contributed by atoms with van der Waals surface area (Å²) >= 11 is 0. The lowest BCUT2D eigenvalue weighted by atomic mass is 10.0. The molecule has 10 heteroatoms. The number of hydrogen-bond acceptors (Lipinski definition) is 7. The van der Waals surface area contributed by atoms with Crippen molar-refractivity contribution in [2.45, 2.75) is 18.9 Å². The molecule has 4 heterocycles. The average molecular weight is 524 g/mol. The molecule has 1 fully saturated rings. The highest BCUT2D eigenvalue weighted by Crippen LogP contribution is 2.31. The number of amides is 1. The van der Waals surface area contributed by atoms with Gasteiger partial charge in [0.05, 0.1) is 23.9 Å². The van der Waals surface area contributed by atoms with E-state index in [9.17, 15) is 9.90 Å². The summed E-state index contributed by atoms with van der Waals surface area (Å²) in [6, 6.07) is 15.4. The van der Waals surface area contributed by atoms with E-state index < -0.39 is 11.7 Å². The molecule has 0 unspecified atom stereocenters. The molecule has 1 aliphatic heterocycles. The number of carbonyl (C=O) groups excluding carboxylic acids is 1. The Balaban J connectivity index is 1.43. The van der Waals surface area contributed by atoms with Crippen LogP contribution >= 0.6 is 0 Å². The highest BCUT2D eigenvalue weighted by molar-refractivity contribution is 6.10. The number of pyridine rings is 2. The quantitative estimate of drug-likeness (QED) is 0.347. The van der Waals surface area contributed by atoms with Crippen LogP contribution in [0.1, 0.15) is 28.8 Å². The van der Waals surface area contributed by atoms with Gasteiger partial charge >= 0.3 is 0 Å². The second-order valence-electron chi connectivity index (χ2n) is 9.39. The lowest BCUT2D eigenvalue weighted by Crippen LogP contribution is -2.49. The summed E-state index contributed by atoms with van der Waals surface area (Å²) in [5, 5.41) is 22.4. The highest BCUT2D eigenvalue weighted by atomic mass is 19.1. The average Bonchev–Trinajstić information content (AvgIpc) is 3.41. The fourth-order valence-corrected chi connectivity index (χ4v) is 5.02. The zero-order valence-corrected chi connectivity index (χ0v) is 21.0. The van der Waals surface area contributed by atoms with E-state index in [2.05, 4.69) is 25.6 Å². The summed E-state index contributed by atoms with van der Waals surface area (Å²) in [6.07, 6.45) is 8.39. The Morgan fingerprint density at radius 3 is 2.90 bits per heavy atom. The molecule has 6 rings (SSSR count). The van der Waals surface area contributed by atoms with Gasteiger partial charge in [-0.15, -0.1) is 5.10 Å². The number of nitrogens with one attached hydrogen (secondary N) is 1. The van der Waals surface area contributed by atoms with Gasteiger partial charge in [-0.25, -0.2) is 14.4 Å².